The number of nitrogens with one attached hydrogen (secondary N) is 2. The molecule has 0 bridgehead atoms. The normalized spacial score (nSPS) is 14.8. The molecule has 0 aromatic heterocycles. The van der Waals surface area contributed by atoms with Crippen LogP contribution in [-0.4, -0.2) is 11.2 Å². The van der Waals surface area contributed by atoms with Crippen molar-refractivity contribution >= 4 is 23.0 Å². The van der Waals surface area contributed by atoms with Crippen LogP contribution in [0.5, 0.6) is 5.75 Å². The molecular formula is C26H28N2OS. The number of hydrogen-bond acceptors (Lipinski definition) is 2. The molecule has 3 aromatic rings. The van der Waals surface area contributed by atoms with Gasteiger partial charge in [0.15, 0.2) is 5.11 Å². The van der Waals surface area contributed by atoms with E-state index in [0.29, 0.717) is 11.2 Å². The summed E-state index contributed by atoms with van der Waals surface area (Å²) in [7, 11) is 0. The highest BCUT2D eigenvalue weighted by atomic mass is 32.1. The molecule has 0 heterocycles. The fourth-order valence-corrected chi connectivity index (χ4v) is 4.11. The summed E-state index contributed by atoms with van der Waals surface area (Å²) in [5.74, 6) is 0.924. The van der Waals surface area contributed by atoms with Crippen molar-refractivity contribution in [2.24, 2.45) is 0 Å². The van der Waals surface area contributed by atoms with Crippen molar-refractivity contribution in [2.45, 2.75) is 44.8 Å². The van der Waals surface area contributed by atoms with Gasteiger partial charge in [0.2, 0.25) is 0 Å². The molecule has 1 aliphatic rings. The van der Waals surface area contributed by atoms with E-state index in [-0.39, 0.29) is 6.04 Å². The van der Waals surface area contributed by atoms with Crippen LogP contribution in [0.4, 0.5) is 5.69 Å². The zero-order chi connectivity index (χ0) is 20.8. The van der Waals surface area contributed by atoms with Crippen molar-refractivity contribution in [2.75, 3.05) is 5.32 Å². The van der Waals surface area contributed by atoms with Crippen LogP contribution in [-0.2, 0) is 0 Å². The average Bonchev–Trinajstić information content (AvgIpc) is 3.28. The van der Waals surface area contributed by atoms with E-state index in [9.17, 15) is 0 Å². The van der Waals surface area contributed by atoms with Gasteiger partial charge in [0.05, 0.1) is 12.1 Å². The van der Waals surface area contributed by atoms with Gasteiger partial charge in [0, 0.05) is 5.69 Å². The predicted octanol–water partition coefficient (Wildman–Crippen LogP) is 6.39. The number of rotatable bonds is 6. The minimum Gasteiger partial charge on any atom is -0.490 e. The summed E-state index contributed by atoms with van der Waals surface area (Å²) in [5.41, 5.74) is 4.54. The molecule has 154 valence electrons. The second-order valence-corrected chi connectivity index (χ2v) is 8.31. The third-order valence-corrected chi connectivity index (χ3v) is 5.76. The SMILES string of the molecule is Cc1ccc([C@@H](NC(=S)Nc2ccc(OC3CCCC3)cc2)c2ccccc2)cc1. The quantitative estimate of drug-likeness (QED) is 0.456. The second-order valence-electron chi connectivity index (χ2n) is 7.90. The number of hydrogen-bond donors (Lipinski definition) is 2. The maximum atomic E-state index is 6.05. The van der Waals surface area contributed by atoms with E-state index in [2.05, 4.69) is 66.1 Å². The Kier molecular flexibility index (Phi) is 6.65. The summed E-state index contributed by atoms with van der Waals surface area (Å²) in [5, 5.41) is 7.38. The van der Waals surface area contributed by atoms with Crippen molar-refractivity contribution in [3.63, 3.8) is 0 Å². The Morgan fingerprint density at radius 1 is 0.867 bits per heavy atom. The molecule has 1 fully saturated rings. The van der Waals surface area contributed by atoms with Gasteiger partial charge in [-0.25, -0.2) is 0 Å². The van der Waals surface area contributed by atoms with Crippen LogP contribution in [0.15, 0.2) is 78.9 Å². The first-order valence-corrected chi connectivity index (χ1v) is 11.0. The number of thiocarbonyl (C=S) groups is 1. The number of benzene rings is 3. The highest BCUT2D eigenvalue weighted by Crippen LogP contribution is 2.26. The molecular weight excluding hydrogens is 388 g/mol. The monoisotopic (exact) mass is 416 g/mol. The topological polar surface area (TPSA) is 33.3 Å². The largest absolute Gasteiger partial charge is 0.490 e. The van der Waals surface area contributed by atoms with Crippen LogP contribution < -0.4 is 15.4 Å². The van der Waals surface area contributed by atoms with Crippen LogP contribution in [0.2, 0.25) is 0 Å². The summed E-state index contributed by atoms with van der Waals surface area (Å²) in [6, 6.07) is 27.0. The van der Waals surface area contributed by atoms with Gasteiger partial charge in [0.25, 0.3) is 0 Å². The lowest BCUT2D eigenvalue weighted by Gasteiger charge is -2.22. The molecule has 0 amide bonds. The van der Waals surface area contributed by atoms with Gasteiger partial charge in [0.1, 0.15) is 5.75 Å². The molecule has 2 N–H and O–H groups in total. The summed E-state index contributed by atoms with van der Waals surface area (Å²) >= 11 is 5.63. The predicted molar refractivity (Wildman–Crippen MR) is 128 cm³/mol. The Morgan fingerprint density at radius 2 is 1.50 bits per heavy atom. The molecule has 0 unspecified atom stereocenters. The number of aryl methyl sites for hydroxylation is 1. The van der Waals surface area contributed by atoms with Crippen molar-refractivity contribution in [1.29, 1.82) is 0 Å². The van der Waals surface area contributed by atoms with Gasteiger partial charge in [-0.3, -0.25) is 0 Å². The lowest BCUT2D eigenvalue weighted by molar-refractivity contribution is 0.210. The summed E-state index contributed by atoms with van der Waals surface area (Å²) in [6.45, 7) is 2.10. The smallest absolute Gasteiger partial charge is 0.171 e. The fraction of sp³-hybridized carbons (Fsp3) is 0.269. The van der Waals surface area contributed by atoms with Crippen LogP contribution in [0.25, 0.3) is 0 Å². The van der Waals surface area contributed by atoms with E-state index in [1.54, 1.807) is 0 Å². The van der Waals surface area contributed by atoms with E-state index in [0.717, 1.165) is 24.3 Å². The molecule has 30 heavy (non-hydrogen) atoms. The van der Waals surface area contributed by atoms with Gasteiger partial charge in [-0.1, -0.05) is 60.2 Å². The first-order chi connectivity index (χ1) is 14.7. The van der Waals surface area contributed by atoms with Crippen molar-refractivity contribution in [3.05, 3.63) is 95.6 Å². The molecule has 0 aliphatic heterocycles. The third kappa shape index (κ3) is 5.39. The molecule has 1 saturated carbocycles. The van der Waals surface area contributed by atoms with Gasteiger partial charge in [-0.2, -0.15) is 0 Å². The van der Waals surface area contributed by atoms with E-state index in [1.165, 1.54) is 29.5 Å². The highest BCUT2D eigenvalue weighted by Gasteiger charge is 2.17. The zero-order valence-corrected chi connectivity index (χ0v) is 18.1. The standard InChI is InChI=1S/C26H28N2OS/c1-19-11-13-21(14-12-19)25(20-7-3-2-4-8-20)28-26(30)27-22-15-17-24(18-16-22)29-23-9-5-6-10-23/h2-4,7-8,11-18,23,25H,5-6,9-10H2,1H3,(H2,27,28,30)/t25-/m0/s1. The van der Waals surface area contributed by atoms with E-state index >= 15 is 0 Å². The van der Waals surface area contributed by atoms with E-state index < -0.39 is 0 Å². The Balaban J connectivity index is 1.42. The average molecular weight is 417 g/mol. The Morgan fingerprint density at radius 3 is 2.17 bits per heavy atom. The highest BCUT2D eigenvalue weighted by molar-refractivity contribution is 7.80. The molecule has 4 rings (SSSR count). The van der Waals surface area contributed by atoms with E-state index in [4.69, 9.17) is 17.0 Å². The molecule has 3 nitrogen and oxygen atoms in total. The molecule has 1 aliphatic carbocycles. The third-order valence-electron chi connectivity index (χ3n) is 5.54. The Bertz CT molecular complexity index is 949. The summed E-state index contributed by atoms with van der Waals surface area (Å²) < 4.78 is 6.05. The lowest BCUT2D eigenvalue weighted by atomic mass is 9.98. The molecule has 0 spiro atoms. The molecule has 0 radical (unpaired) electrons. The number of anilines is 1. The first kappa shape index (κ1) is 20.4. The van der Waals surface area contributed by atoms with E-state index in [1.807, 2.05) is 30.3 Å². The molecule has 3 aromatic carbocycles. The van der Waals surface area contributed by atoms with Crippen LogP contribution in [0.1, 0.15) is 48.4 Å². The minimum absolute atomic E-state index is 0.0169. The van der Waals surface area contributed by atoms with Gasteiger partial charge in [-0.05, 0) is 80.2 Å². The van der Waals surface area contributed by atoms with Crippen LogP contribution in [0, 0.1) is 6.92 Å². The van der Waals surface area contributed by atoms with Crippen molar-refractivity contribution in [3.8, 4) is 5.75 Å². The summed E-state index contributed by atoms with van der Waals surface area (Å²) in [6.07, 6.45) is 5.23. The first-order valence-electron chi connectivity index (χ1n) is 10.6. The van der Waals surface area contributed by atoms with Crippen LogP contribution in [0.3, 0.4) is 0 Å². The number of ether oxygens (including phenoxy) is 1. The van der Waals surface area contributed by atoms with Crippen molar-refractivity contribution < 1.29 is 4.74 Å². The van der Waals surface area contributed by atoms with Gasteiger partial charge in [-0.15, -0.1) is 0 Å². The molecule has 4 heteroatoms. The molecule has 1 atom stereocenters. The Labute approximate surface area is 184 Å². The van der Waals surface area contributed by atoms with Crippen LogP contribution >= 0.6 is 12.2 Å². The maximum Gasteiger partial charge on any atom is 0.171 e. The van der Waals surface area contributed by atoms with Gasteiger partial charge < -0.3 is 15.4 Å². The minimum atomic E-state index is -0.0169. The van der Waals surface area contributed by atoms with Crippen molar-refractivity contribution in [1.82, 2.24) is 5.32 Å². The summed E-state index contributed by atoms with van der Waals surface area (Å²) in [4.78, 5) is 0. The van der Waals surface area contributed by atoms with Gasteiger partial charge >= 0.3 is 0 Å². The Hall–Kier alpha value is -2.85. The second kappa shape index (κ2) is 9.77. The molecule has 0 saturated heterocycles. The zero-order valence-electron chi connectivity index (χ0n) is 17.3. The lowest BCUT2D eigenvalue weighted by Crippen LogP contribution is -2.33. The maximum absolute atomic E-state index is 6.05. The fourth-order valence-electron chi connectivity index (χ4n) is 3.88.